The lowest BCUT2D eigenvalue weighted by Crippen LogP contribution is -1.99. The minimum atomic E-state index is -0.913. The van der Waals surface area contributed by atoms with Gasteiger partial charge in [-0.25, -0.2) is 4.39 Å². The maximum Gasteiger partial charge on any atom is 0.193 e. The van der Waals surface area contributed by atoms with Crippen LogP contribution in [0, 0.1) is 0 Å². The molecular weight excluding hydrogens is 303 g/mol. The van der Waals surface area contributed by atoms with Crippen molar-refractivity contribution in [3.05, 3.63) is 71.8 Å². The zero-order valence-corrected chi connectivity index (χ0v) is 15.4. The van der Waals surface area contributed by atoms with Gasteiger partial charge in [-0.1, -0.05) is 95.3 Å². The van der Waals surface area contributed by atoms with Crippen LogP contribution in [-0.2, 0) is 0 Å². The van der Waals surface area contributed by atoms with Crippen molar-refractivity contribution in [2.45, 2.75) is 41.0 Å². The molecule has 0 aliphatic heterocycles. The van der Waals surface area contributed by atoms with Crippen molar-refractivity contribution in [2.24, 2.45) is 0 Å². The molecule has 0 aromatic heterocycles. The number of benzene rings is 2. The standard InChI is InChI=1S/C9H10O.C8H7FO.2C2H6/c1-2-9(10)8-6-4-3-5-7-8;9-6-8(10)7-4-2-1-3-5-7;2*1-2/h3-7H,2H2,1H3;1-5H,6H2;2*1-2H3. The molecule has 2 rings (SSSR count). The van der Waals surface area contributed by atoms with Crippen LogP contribution in [0.15, 0.2) is 60.7 Å². The predicted molar refractivity (Wildman–Crippen MR) is 101 cm³/mol. The third-order valence-corrected chi connectivity index (χ3v) is 2.63. The van der Waals surface area contributed by atoms with Gasteiger partial charge >= 0.3 is 0 Å². The molecular formula is C21H29FO2. The number of rotatable bonds is 4. The zero-order valence-electron chi connectivity index (χ0n) is 15.4. The Hall–Kier alpha value is -2.29. The molecule has 0 heterocycles. The Morgan fingerprint density at radius 3 is 1.33 bits per heavy atom. The lowest BCUT2D eigenvalue weighted by Gasteiger charge is -1.93. The molecule has 2 aromatic rings. The SMILES string of the molecule is CC.CC.CCC(=O)c1ccccc1.O=C(CF)c1ccccc1. The van der Waals surface area contributed by atoms with Gasteiger partial charge in [0.05, 0.1) is 0 Å². The van der Waals surface area contributed by atoms with Gasteiger partial charge in [-0.05, 0) is 0 Å². The molecule has 0 bridgehead atoms. The maximum atomic E-state index is 11.7. The van der Waals surface area contributed by atoms with E-state index in [1.165, 1.54) is 0 Å². The third kappa shape index (κ3) is 10.4. The number of hydrogen-bond donors (Lipinski definition) is 0. The van der Waals surface area contributed by atoms with Crippen molar-refractivity contribution in [1.82, 2.24) is 0 Å². The van der Waals surface area contributed by atoms with Crippen LogP contribution in [0.25, 0.3) is 0 Å². The van der Waals surface area contributed by atoms with Gasteiger partial charge in [0, 0.05) is 17.5 Å². The molecule has 0 saturated carbocycles. The fraction of sp³-hybridized carbons (Fsp3) is 0.333. The number of carbonyl (C=O) groups excluding carboxylic acids is 2. The second-order valence-corrected chi connectivity index (χ2v) is 4.07. The van der Waals surface area contributed by atoms with Gasteiger partial charge in [-0.15, -0.1) is 0 Å². The van der Waals surface area contributed by atoms with E-state index < -0.39 is 12.5 Å². The number of carbonyl (C=O) groups is 2. The van der Waals surface area contributed by atoms with E-state index in [4.69, 9.17) is 0 Å². The summed E-state index contributed by atoms with van der Waals surface area (Å²) in [5, 5.41) is 0. The molecule has 0 unspecified atom stereocenters. The third-order valence-electron chi connectivity index (χ3n) is 2.63. The topological polar surface area (TPSA) is 34.1 Å². The van der Waals surface area contributed by atoms with E-state index in [0.29, 0.717) is 12.0 Å². The molecule has 0 fully saturated rings. The summed E-state index contributed by atoms with van der Waals surface area (Å²) in [4.78, 5) is 21.7. The average molecular weight is 332 g/mol. The summed E-state index contributed by atoms with van der Waals surface area (Å²) in [6.45, 7) is 8.96. The number of hydrogen-bond acceptors (Lipinski definition) is 2. The van der Waals surface area contributed by atoms with Crippen LogP contribution in [0.2, 0.25) is 0 Å². The average Bonchev–Trinajstić information content (AvgIpc) is 2.71. The van der Waals surface area contributed by atoms with E-state index in [2.05, 4.69) is 0 Å². The van der Waals surface area contributed by atoms with Crippen LogP contribution >= 0.6 is 0 Å². The number of alkyl halides is 1. The monoisotopic (exact) mass is 332 g/mol. The van der Waals surface area contributed by atoms with Crippen molar-refractivity contribution >= 4 is 11.6 Å². The summed E-state index contributed by atoms with van der Waals surface area (Å²) in [5.41, 5.74) is 1.25. The zero-order chi connectivity index (χ0) is 18.8. The van der Waals surface area contributed by atoms with Crippen LogP contribution in [0.5, 0.6) is 0 Å². The number of Topliss-reactive ketones (excluding diaryl/α,β-unsaturated/α-hetero) is 2. The molecule has 24 heavy (non-hydrogen) atoms. The van der Waals surface area contributed by atoms with Crippen LogP contribution in [0.1, 0.15) is 61.8 Å². The summed E-state index contributed by atoms with van der Waals surface area (Å²) >= 11 is 0. The fourth-order valence-electron chi connectivity index (χ4n) is 1.53. The first kappa shape index (κ1) is 24.0. The first-order valence-electron chi connectivity index (χ1n) is 8.41. The second kappa shape index (κ2) is 17.1. The molecule has 2 nitrogen and oxygen atoms in total. The van der Waals surface area contributed by atoms with Gasteiger partial charge in [0.25, 0.3) is 0 Å². The first-order valence-corrected chi connectivity index (χ1v) is 8.41. The normalized spacial score (nSPS) is 8.25. The molecule has 0 atom stereocenters. The molecule has 0 N–H and O–H groups in total. The summed E-state index contributed by atoms with van der Waals surface area (Å²) in [6, 6.07) is 17.8. The van der Waals surface area contributed by atoms with Crippen molar-refractivity contribution in [1.29, 1.82) is 0 Å². The van der Waals surface area contributed by atoms with Crippen molar-refractivity contribution in [3.63, 3.8) is 0 Å². The number of halogens is 1. The Morgan fingerprint density at radius 2 is 1.04 bits per heavy atom. The van der Waals surface area contributed by atoms with Gasteiger partial charge in [-0.3, -0.25) is 9.59 Å². The lowest BCUT2D eigenvalue weighted by molar-refractivity contribution is 0.0957. The van der Waals surface area contributed by atoms with Gasteiger partial charge < -0.3 is 0 Å². The van der Waals surface area contributed by atoms with Gasteiger partial charge in [0.15, 0.2) is 18.2 Å². The molecule has 0 amide bonds. The van der Waals surface area contributed by atoms with Gasteiger partial charge in [0.2, 0.25) is 0 Å². The van der Waals surface area contributed by atoms with Crippen LogP contribution in [0.4, 0.5) is 4.39 Å². The Morgan fingerprint density at radius 1 is 0.708 bits per heavy atom. The molecule has 0 aliphatic carbocycles. The van der Waals surface area contributed by atoms with Crippen molar-refractivity contribution < 1.29 is 14.0 Å². The fourth-order valence-corrected chi connectivity index (χ4v) is 1.53. The molecule has 0 saturated heterocycles. The summed E-state index contributed by atoms with van der Waals surface area (Å²) in [7, 11) is 0. The Labute approximate surface area is 145 Å². The smallest absolute Gasteiger partial charge is 0.193 e. The number of ketones is 2. The largest absolute Gasteiger partial charge is 0.294 e. The Balaban J connectivity index is 0. The highest BCUT2D eigenvalue weighted by Gasteiger charge is 2.01. The van der Waals surface area contributed by atoms with E-state index in [9.17, 15) is 14.0 Å². The maximum absolute atomic E-state index is 11.7. The quantitative estimate of drug-likeness (QED) is 0.627. The highest BCUT2D eigenvalue weighted by molar-refractivity contribution is 5.97. The summed E-state index contributed by atoms with van der Waals surface area (Å²) in [5.74, 6) is -0.249. The van der Waals surface area contributed by atoms with E-state index in [1.807, 2.05) is 65.0 Å². The Kier molecular flexibility index (Phi) is 17.0. The van der Waals surface area contributed by atoms with Gasteiger partial charge in [-0.2, -0.15) is 0 Å². The lowest BCUT2D eigenvalue weighted by atomic mass is 10.1. The highest BCUT2D eigenvalue weighted by atomic mass is 19.1. The van der Waals surface area contributed by atoms with E-state index >= 15 is 0 Å². The summed E-state index contributed by atoms with van der Waals surface area (Å²) < 4.78 is 11.7. The van der Waals surface area contributed by atoms with E-state index in [1.54, 1.807) is 30.3 Å². The van der Waals surface area contributed by atoms with E-state index in [-0.39, 0.29) is 5.78 Å². The van der Waals surface area contributed by atoms with Crippen LogP contribution in [-0.4, -0.2) is 18.2 Å². The van der Waals surface area contributed by atoms with Crippen LogP contribution in [0.3, 0.4) is 0 Å². The first-order chi connectivity index (χ1) is 11.7. The van der Waals surface area contributed by atoms with E-state index in [0.717, 1.165) is 5.56 Å². The van der Waals surface area contributed by atoms with Gasteiger partial charge in [0.1, 0.15) is 0 Å². The highest BCUT2D eigenvalue weighted by Crippen LogP contribution is 2.01. The predicted octanol–water partition coefficient (Wildman–Crippen LogP) is 6.17. The molecule has 0 aliphatic rings. The summed E-state index contributed by atoms with van der Waals surface area (Å²) in [6.07, 6.45) is 0.587. The van der Waals surface area contributed by atoms with Crippen molar-refractivity contribution in [2.75, 3.05) is 6.67 Å². The molecule has 0 spiro atoms. The minimum Gasteiger partial charge on any atom is -0.294 e. The van der Waals surface area contributed by atoms with Crippen molar-refractivity contribution in [3.8, 4) is 0 Å². The molecule has 2 aromatic carbocycles. The molecule has 132 valence electrons. The second-order valence-electron chi connectivity index (χ2n) is 4.07. The van der Waals surface area contributed by atoms with Crippen LogP contribution < -0.4 is 0 Å². The molecule has 3 heteroatoms. The minimum absolute atomic E-state index is 0.209. The molecule has 0 radical (unpaired) electrons. The Bertz CT molecular complexity index is 485.